The maximum atomic E-state index is 12.0. The van der Waals surface area contributed by atoms with Gasteiger partial charge in [0.1, 0.15) is 5.75 Å². The second kappa shape index (κ2) is 6.08. The third kappa shape index (κ3) is 2.48. The molecule has 2 aromatic carbocycles. The molecule has 6 heteroatoms. The lowest BCUT2D eigenvalue weighted by Crippen LogP contribution is -2.05. The molecule has 0 spiro atoms. The van der Waals surface area contributed by atoms with E-state index in [9.17, 15) is 14.7 Å². The second-order valence-corrected chi connectivity index (χ2v) is 5.11. The van der Waals surface area contributed by atoms with E-state index in [1.54, 1.807) is 29.0 Å². The average Bonchev–Trinajstić information content (AvgIpc) is 3.00. The van der Waals surface area contributed by atoms with Gasteiger partial charge in [0.2, 0.25) is 0 Å². The van der Waals surface area contributed by atoms with Gasteiger partial charge in [-0.25, -0.2) is 9.59 Å². The van der Waals surface area contributed by atoms with Crippen LogP contribution in [0.25, 0.3) is 16.6 Å². The van der Waals surface area contributed by atoms with Crippen molar-refractivity contribution in [3.8, 4) is 11.4 Å². The number of carbonyl (C=O) groups is 2. The highest BCUT2D eigenvalue weighted by Gasteiger charge is 2.19. The lowest BCUT2D eigenvalue weighted by Gasteiger charge is -2.11. The molecule has 0 saturated carbocycles. The van der Waals surface area contributed by atoms with Gasteiger partial charge in [0.05, 0.1) is 36.6 Å². The number of esters is 1. The molecule has 0 aliphatic heterocycles. The minimum absolute atomic E-state index is 0.105. The van der Waals surface area contributed by atoms with Crippen molar-refractivity contribution in [2.24, 2.45) is 0 Å². The van der Waals surface area contributed by atoms with E-state index in [4.69, 9.17) is 9.47 Å². The molecule has 0 aliphatic rings. The van der Waals surface area contributed by atoms with Crippen molar-refractivity contribution < 1.29 is 24.2 Å². The number of fused-ring (bicyclic) bond motifs is 1. The molecule has 3 rings (SSSR count). The fourth-order valence-corrected chi connectivity index (χ4v) is 2.67. The summed E-state index contributed by atoms with van der Waals surface area (Å²) in [4.78, 5) is 23.6. The summed E-state index contributed by atoms with van der Waals surface area (Å²) in [7, 11) is 2.82. The Morgan fingerprint density at radius 2 is 1.79 bits per heavy atom. The van der Waals surface area contributed by atoms with E-state index in [2.05, 4.69) is 0 Å². The summed E-state index contributed by atoms with van der Waals surface area (Å²) in [5.41, 5.74) is 1.59. The van der Waals surface area contributed by atoms with Crippen LogP contribution in [-0.2, 0) is 4.74 Å². The van der Waals surface area contributed by atoms with Gasteiger partial charge in [-0.2, -0.15) is 0 Å². The zero-order valence-corrected chi connectivity index (χ0v) is 13.1. The number of aromatic carboxylic acids is 1. The normalized spacial score (nSPS) is 10.6. The fourth-order valence-electron chi connectivity index (χ4n) is 2.67. The predicted molar refractivity (Wildman–Crippen MR) is 88.1 cm³/mol. The van der Waals surface area contributed by atoms with Crippen LogP contribution in [0.5, 0.6) is 5.75 Å². The molecule has 24 heavy (non-hydrogen) atoms. The van der Waals surface area contributed by atoms with E-state index < -0.39 is 11.9 Å². The molecule has 0 aliphatic carbocycles. The summed E-state index contributed by atoms with van der Waals surface area (Å²) in [6.45, 7) is 0. The number of carboxylic acid groups (broad SMARTS) is 1. The third-order valence-electron chi connectivity index (χ3n) is 3.81. The van der Waals surface area contributed by atoms with Crippen molar-refractivity contribution in [2.45, 2.75) is 0 Å². The maximum Gasteiger partial charge on any atom is 0.340 e. The SMILES string of the molecule is COC(=O)c1cn(-c2cc(OC)ccc2C(=O)O)c2ccccc12. The Kier molecular flexibility index (Phi) is 3.95. The average molecular weight is 325 g/mol. The number of carboxylic acids is 1. The molecule has 0 saturated heterocycles. The molecule has 3 aromatic rings. The van der Waals surface area contributed by atoms with Gasteiger partial charge in [-0.3, -0.25) is 0 Å². The summed E-state index contributed by atoms with van der Waals surface area (Å²) in [5, 5.41) is 10.2. The van der Waals surface area contributed by atoms with Crippen LogP contribution in [0.2, 0.25) is 0 Å². The van der Waals surface area contributed by atoms with Crippen LogP contribution in [0.1, 0.15) is 20.7 Å². The number of para-hydroxylation sites is 1. The Morgan fingerprint density at radius 3 is 2.46 bits per heavy atom. The van der Waals surface area contributed by atoms with Crippen molar-refractivity contribution >= 4 is 22.8 Å². The largest absolute Gasteiger partial charge is 0.497 e. The predicted octanol–water partition coefficient (Wildman–Crippen LogP) is 3.12. The molecule has 6 nitrogen and oxygen atoms in total. The number of benzene rings is 2. The molecule has 0 unspecified atom stereocenters. The molecular weight excluding hydrogens is 310 g/mol. The number of hydrogen-bond donors (Lipinski definition) is 1. The summed E-state index contributed by atoms with van der Waals surface area (Å²) in [6.07, 6.45) is 1.58. The zero-order chi connectivity index (χ0) is 17.3. The number of ether oxygens (including phenoxy) is 2. The van der Waals surface area contributed by atoms with E-state index in [0.29, 0.717) is 27.9 Å². The van der Waals surface area contributed by atoms with Gasteiger partial charge in [0.25, 0.3) is 0 Å². The molecule has 0 fully saturated rings. The van der Waals surface area contributed by atoms with E-state index in [0.717, 1.165) is 0 Å². The van der Waals surface area contributed by atoms with Crippen LogP contribution in [0.3, 0.4) is 0 Å². The van der Waals surface area contributed by atoms with Gasteiger partial charge in [-0.05, 0) is 18.2 Å². The highest BCUT2D eigenvalue weighted by Crippen LogP contribution is 2.29. The van der Waals surface area contributed by atoms with Crippen LogP contribution in [0.4, 0.5) is 0 Å². The van der Waals surface area contributed by atoms with Gasteiger partial charge in [-0.1, -0.05) is 18.2 Å². The Hall–Kier alpha value is -3.28. The highest BCUT2D eigenvalue weighted by molar-refractivity contribution is 6.05. The smallest absolute Gasteiger partial charge is 0.340 e. The molecule has 1 N–H and O–H groups in total. The Bertz CT molecular complexity index is 942. The van der Waals surface area contributed by atoms with Crippen molar-refractivity contribution in [2.75, 3.05) is 14.2 Å². The minimum Gasteiger partial charge on any atom is -0.497 e. The first-order valence-corrected chi connectivity index (χ1v) is 7.17. The van der Waals surface area contributed by atoms with Crippen molar-refractivity contribution in [1.82, 2.24) is 4.57 Å². The molecular formula is C18H15NO5. The van der Waals surface area contributed by atoms with Gasteiger partial charge < -0.3 is 19.1 Å². The first kappa shape index (κ1) is 15.6. The number of rotatable bonds is 4. The van der Waals surface area contributed by atoms with Crippen LogP contribution in [-0.4, -0.2) is 35.8 Å². The van der Waals surface area contributed by atoms with Crippen LogP contribution >= 0.6 is 0 Å². The third-order valence-corrected chi connectivity index (χ3v) is 3.81. The molecule has 1 heterocycles. The second-order valence-electron chi connectivity index (χ2n) is 5.11. The Labute approximate surface area is 137 Å². The number of nitrogens with zero attached hydrogens (tertiary/aromatic N) is 1. The Balaban J connectivity index is 2.34. The fraction of sp³-hybridized carbons (Fsp3) is 0.111. The number of carbonyl (C=O) groups excluding carboxylic acids is 1. The molecule has 122 valence electrons. The van der Waals surface area contributed by atoms with Crippen LogP contribution in [0, 0.1) is 0 Å². The summed E-state index contributed by atoms with van der Waals surface area (Å²) in [6, 6.07) is 11.9. The quantitative estimate of drug-likeness (QED) is 0.746. The molecule has 0 atom stereocenters. The number of aromatic nitrogens is 1. The summed E-state index contributed by atoms with van der Waals surface area (Å²) in [5.74, 6) is -1.03. The van der Waals surface area contributed by atoms with Crippen LogP contribution in [0.15, 0.2) is 48.7 Å². The first-order chi connectivity index (χ1) is 11.6. The van der Waals surface area contributed by atoms with Crippen molar-refractivity contribution in [1.29, 1.82) is 0 Å². The zero-order valence-electron chi connectivity index (χ0n) is 13.1. The van der Waals surface area contributed by atoms with E-state index in [1.807, 2.05) is 18.2 Å². The van der Waals surface area contributed by atoms with E-state index >= 15 is 0 Å². The number of methoxy groups -OCH3 is 2. The molecule has 1 aromatic heterocycles. The monoisotopic (exact) mass is 325 g/mol. The molecule has 0 amide bonds. The van der Waals surface area contributed by atoms with Crippen molar-refractivity contribution in [3.63, 3.8) is 0 Å². The van der Waals surface area contributed by atoms with Crippen molar-refractivity contribution in [3.05, 3.63) is 59.8 Å². The first-order valence-electron chi connectivity index (χ1n) is 7.17. The molecule has 0 bridgehead atoms. The molecule has 0 radical (unpaired) electrons. The lowest BCUT2D eigenvalue weighted by molar-refractivity contribution is 0.0602. The standard InChI is InChI=1S/C18H15NO5/c1-23-11-7-8-13(17(20)21)16(9-11)19-10-14(18(22)24-2)12-5-3-4-6-15(12)19/h3-10H,1-2H3,(H,20,21). The van der Waals surface area contributed by atoms with E-state index in [1.165, 1.54) is 20.3 Å². The summed E-state index contributed by atoms with van der Waals surface area (Å²) < 4.78 is 11.7. The maximum absolute atomic E-state index is 12.0. The van der Waals surface area contributed by atoms with Gasteiger partial charge in [0.15, 0.2) is 0 Å². The van der Waals surface area contributed by atoms with Crippen LogP contribution < -0.4 is 4.74 Å². The van der Waals surface area contributed by atoms with E-state index in [-0.39, 0.29) is 5.56 Å². The number of hydrogen-bond acceptors (Lipinski definition) is 4. The highest BCUT2D eigenvalue weighted by atomic mass is 16.5. The lowest BCUT2D eigenvalue weighted by atomic mass is 10.1. The van der Waals surface area contributed by atoms with Gasteiger partial charge in [0, 0.05) is 17.6 Å². The Morgan fingerprint density at radius 1 is 1.04 bits per heavy atom. The van der Waals surface area contributed by atoms with Gasteiger partial charge >= 0.3 is 11.9 Å². The van der Waals surface area contributed by atoms with Gasteiger partial charge in [-0.15, -0.1) is 0 Å². The minimum atomic E-state index is -1.06. The summed E-state index contributed by atoms with van der Waals surface area (Å²) >= 11 is 0. The topological polar surface area (TPSA) is 77.8 Å².